The van der Waals surface area contributed by atoms with E-state index in [0.717, 1.165) is 37.8 Å². The summed E-state index contributed by atoms with van der Waals surface area (Å²) in [4.78, 5) is 17.4. The van der Waals surface area contributed by atoms with Gasteiger partial charge >= 0.3 is 12.2 Å². The molecule has 0 radical (unpaired) electrons. The minimum Gasteiger partial charge on any atom is -0.481 e. The van der Waals surface area contributed by atoms with E-state index in [-0.39, 0.29) is 24.0 Å². The quantitative estimate of drug-likeness (QED) is 0.401. The molecular weight excluding hydrogens is 474 g/mol. The van der Waals surface area contributed by atoms with Crippen molar-refractivity contribution in [1.82, 2.24) is 15.6 Å². The van der Waals surface area contributed by atoms with Crippen molar-refractivity contribution in [2.45, 2.75) is 43.3 Å². The van der Waals surface area contributed by atoms with Gasteiger partial charge in [-0.2, -0.15) is 13.2 Å². The fourth-order valence-electron chi connectivity index (χ4n) is 4.77. The van der Waals surface area contributed by atoms with E-state index in [4.69, 9.17) is 4.74 Å². The van der Waals surface area contributed by atoms with E-state index in [1.807, 2.05) is 0 Å². The van der Waals surface area contributed by atoms with Crippen LogP contribution in [0.3, 0.4) is 0 Å². The standard InChI is InChI=1S/C27H27F4N3O2/c1-36-24-13-7-12-23(34-24)26(18-8-3-2-4-9-18,17-32-25(35)33-22-10-5-6-11-22)19-14-20(27(29,30)31)16-21(28)15-19/h2-4,7-9,12-16,22H,5-6,10-11,17H2,1H3,(H2,32,33,35). The predicted octanol–water partition coefficient (Wildman–Crippen LogP) is 5.82. The molecule has 0 saturated heterocycles. The van der Waals surface area contributed by atoms with E-state index < -0.39 is 29.0 Å². The van der Waals surface area contributed by atoms with E-state index in [1.165, 1.54) is 7.11 Å². The number of urea groups is 1. The largest absolute Gasteiger partial charge is 0.481 e. The smallest absolute Gasteiger partial charge is 0.416 e. The monoisotopic (exact) mass is 501 g/mol. The third-order valence-electron chi connectivity index (χ3n) is 6.56. The molecule has 1 unspecified atom stereocenters. The Bertz CT molecular complexity index is 1200. The summed E-state index contributed by atoms with van der Waals surface area (Å²) in [5.41, 5.74) is -1.75. The van der Waals surface area contributed by atoms with Gasteiger partial charge in [-0.1, -0.05) is 49.2 Å². The molecule has 1 fully saturated rings. The second-order valence-electron chi connectivity index (χ2n) is 8.87. The summed E-state index contributed by atoms with van der Waals surface area (Å²) in [6, 6.07) is 15.6. The maximum absolute atomic E-state index is 14.7. The summed E-state index contributed by atoms with van der Waals surface area (Å²) >= 11 is 0. The summed E-state index contributed by atoms with van der Waals surface area (Å²) in [6.07, 6.45) is -0.984. The van der Waals surface area contributed by atoms with Crippen LogP contribution in [0.25, 0.3) is 0 Å². The van der Waals surface area contributed by atoms with Crippen molar-refractivity contribution < 1.29 is 27.1 Å². The zero-order valence-corrected chi connectivity index (χ0v) is 19.7. The fourth-order valence-corrected chi connectivity index (χ4v) is 4.77. The van der Waals surface area contributed by atoms with Gasteiger partial charge in [-0.05, 0) is 48.2 Å². The van der Waals surface area contributed by atoms with E-state index >= 15 is 0 Å². The van der Waals surface area contributed by atoms with Gasteiger partial charge in [0.05, 0.1) is 23.8 Å². The number of hydrogen-bond acceptors (Lipinski definition) is 3. The van der Waals surface area contributed by atoms with Crippen LogP contribution in [-0.4, -0.2) is 30.7 Å². The van der Waals surface area contributed by atoms with Crippen LogP contribution in [-0.2, 0) is 11.6 Å². The lowest BCUT2D eigenvalue weighted by Crippen LogP contribution is -2.48. The minimum atomic E-state index is -4.77. The van der Waals surface area contributed by atoms with Crippen molar-refractivity contribution in [2.24, 2.45) is 0 Å². The normalized spacial score (nSPS) is 15.8. The Labute approximate surface area is 206 Å². The summed E-state index contributed by atoms with van der Waals surface area (Å²) in [7, 11) is 1.42. The number of pyridine rings is 1. The SMILES string of the molecule is COc1cccc(C(CNC(=O)NC2CCCC2)(c2ccccc2)c2cc(F)cc(C(F)(F)F)c2)n1. The number of nitrogens with one attached hydrogen (secondary N) is 2. The summed E-state index contributed by atoms with van der Waals surface area (Å²) in [5, 5.41) is 5.75. The summed E-state index contributed by atoms with van der Waals surface area (Å²) in [5.74, 6) is -0.811. The van der Waals surface area contributed by atoms with Gasteiger partial charge in [0.1, 0.15) is 5.82 Å². The van der Waals surface area contributed by atoms with E-state index in [9.17, 15) is 22.4 Å². The summed E-state index contributed by atoms with van der Waals surface area (Å²) < 4.78 is 61.1. The highest BCUT2D eigenvalue weighted by Gasteiger charge is 2.41. The first kappa shape index (κ1) is 25.5. The molecule has 36 heavy (non-hydrogen) atoms. The van der Waals surface area contributed by atoms with Crippen LogP contribution < -0.4 is 15.4 Å². The summed E-state index contributed by atoms with van der Waals surface area (Å²) in [6.45, 7) is -0.170. The first-order chi connectivity index (χ1) is 17.2. The van der Waals surface area contributed by atoms with Gasteiger partial charge in [0, 0.05) is 18.7 Å². The Morgan fingerprint density at radius 2 is 1.67 bits per heavy atom. The molecule has 1 aliphatic rings. The second kappa shape index (κ2) is 10.6. The van der Waals surface area contributed by atoms with Crippen molar-refractivity contribution >= 4 is 6.03 Å². The number of carbonyl (C=O) groups excluding carboxylic acids is 1. The van der Waals surface area contributed by atoms with E-state index in [0.29, 0.717) is 17.3 Å². The molecule has 3 aromatic rings. The van der Waals surface area contributed by atoms with Gasteiger partial charge in [0.2, 0.25) is 5.88 Å². The number of methoxy groups -OCH3 is 1. The fraction of sp³-hybridized carbons (Fsp3) is 0.333. The molecule has 190 valence electrons. The Hall–Kier alpha value is -3.62. The number of amides is 2. The lowest BCUT2D eigenvalue weighted by atomic mass is 9.71. The van der Waals surface area contributed by atoms with Crippen molar-refractivity contribution in [3.05, 3.63) is 94.9 Å². The van der Waals surface area contributed by atoms with Crippen molar-refractivity contribution in [3.63, 3.8) is 0 Å². The number of benzene rings is 2. The van der Waals surface area contributed by atoms with E-state index in [2.05, 4.69) is 15.6 Å². The van der Waals surface area contributed by atoms with Crippen molar-refractivity contribution in [3.8, 4) is 5.88 Å². The molecule has 4 rings (SSSR count). The third-order valence-corrected chi connectivity index (χ3v) is 6.56. The molecule has 2 amide bonds. The van der Waals surface area contributed by atoms with Gasteiger partial charge in [0.15, 0.2) is 0 Å². The number of aromatic nitrogens is 1. The lowest BCUT2D eigenvalue weighted by molar-refractivity contribution is -0.137. The first-order valence-electron chi connectivity index (χ1n) is 11.7. The number of rotatable bonds is 7. The lowest BCUT2D eigenvalue weighted by Gasteiger charge is -2.35. The van der Waals surface area contributed by atoms with Crippen molar-refractivity contribution in [2.75, 3.05) is 13.7 Å². The molecule has 9 heteroatoms. The zero-order chi connectivity index (χ0) is 25.8. The maximum Gasteiger partial charge on any atom is 0.416 e. The number of hydrogen-bond donors (Lipinski definition) is 2. The third kappa shape index (κ3) is 5.45. The molecule has 0 bridgehead atoms. The molecular formula is C27H27F4N3O2. The average molecular weight is 502 g/mol. The molecule has 2 aromatic carbocycles. The van der Waals surface area contributed by atoms with Crippen LogP contribution in [0.1, 0.15) is 48.1 Å². The molecule has 1 atom stereocenters. The van der Waals surface area contributed by atoms with Crippen LogP contribution in [0.4, 0.5) is 22.4 Å². The van der Waals surface area contributed by atoms with Crippen LogP contribution in [0.2, 0.25) is 0 Å². The number of ether oxygens (including phenoxy) is 1. The number of alkyl halides is 3. The van der Waals surface area contributed by atoms with Crippen LogP contribution in [0, 0.1) is 5.82 Å². The number of halogens is 4. The molecule has 1 aliphatic carbocycles. The van der Waals surface area contributed by atoms with Crippen molar-refractivity contribution in [1.29, 1.82) is 0 Å². The minimum absolute atomic E-state index is 0.00273. The molecule has 2 N–H and O–H groups in total. The highest BCUT2D eigenvalue weighted by atomic mass is 19.4. The Morgan fingerprint density at radius 1 is 0.972 bits per heavy atom. The molecule has 1 heterocycles. The molecule has 0 spiro atoms. The van der Waals surface area contributed by atoms with Crippen LogP contribution in [0.5, 0.6) is 5.88 Å². The van der Waals surface area contributed by atoms with Crippen LogP contribution >= 0.6 is 0 Å². The topological polar surface area (TPSA) is 63.2 Å². The highest BCUT2D eigenvalue weighted by molar-refractivity contribution is 5.74. The van der Waals surface area contributed by atoms with Gasteiger partial charge in [-0.25, -0.2) is 14.2 Å². The van der Waals surface area contributed by atoms with Gasteiger partial charge < -0.3 is 15.4 Å². The Kier molecular flexibility index (Phi) is 7.47. The highest BCUT2D eigenvalue weighted by Crippen LogP contribution is 2.41. The van der Waals surface area contributed by atoms with Gasteiger partial charge in [-0.15, -0.1) is 0 Å². The number of carbonyl (C=O) groups is 1. The maximum atomic E-state index is 14.7. The average Bonchev–Trinajstić information content (AvgIpc) is 3.37. The van der Waals surface area contributed by atoms with Crippen LogP contribution in [0.15, 0.2) is 66.7 Å². The van der Waals surface area contributed by atoms with Gasteiger partial charge in [0.25, 0.3) is 0 Å². The molecule has 5 nitrogen and oxygen atoms in total. The Balaban J connectivity index is 1.88. The molecule has 0 aliphatic heterocycles. The zero-order valence-electron chi connectivity index (χ0n) is 19.7. The Morgan fingerprint density at radius 3 is 2.33 bits per heavy atom. The molecule has 1 aromatic heterocycles. The van der Waals surface area contributed by atoms with Gasteiger partial charge in [-0.3, -0.25) is 0 Å². The second-order valence-corrected chi connectivity index (χ2v) is 8.87. The number of nitrogens with zero attached hydrogens (tertiary/aromatic N) is 1. The predicted molar refractivity (Wildman–Crippen MR) is 127 cm³/mol. The first-order valence-corrected chi connectivity index (χ1v) is 11.7. The van der Waals surface area contributed by atoms with E-state index in [1.54, 1.807) is 48.5 Å². The molecule has 1 saturated carbocycles.